The number of aliphatic hydroxyl groups is 1. The summed E-state index contributed by atoms with van der Waals surface area (Å²) in [6.07, 6.45) is -1.43. The Labute approximate surface area is 185 Å². The van der Waals surface area contributed by atoms with E-state index in [1.54, 1.807) is 20.8 Å². The van der Waals surface area contributed by atoms with Crippen LogP contribution in [0.4, 0.5) is 22.0 Å². The number of esters is 1. The summed E-state index contributed by atoms with van der Waals surface area (Å²) in [5.74, 6) is -10.1. The Morgan fingerprint density at radius 1 is 1.09 bits per heavy atom. The summed E-state index contributed by atoms with van der Waals surface area (Å²) in [5, 5.41) is 9.65. The van der Waals surface area contributed by atoms with E-state index in [9.17, 15) is 31.9 Å². The number of hydrogen-bond acceptors (Lipinski definition) is 5. The lowest BCUT2D eigenvalue weighted by molar-refractivity contribution is -0.412. The lowest BCUT2D eigenvalue weighted by atomic mass is 9.81. The average molecular weight is 472 g/mol. The monoisotopic (exact) mass is 472 g/mol. The van der Waals surface area contributed by atoms with Crippen molar-refractivity contribution in [1.29, 1.82) is 0 Å². The van der Waals surface area contributed by atoms with Crippen LogP contribution < -0.4 is 0 Å². The van der Waals surface area contributed by atoms with E-state index in [0.29, 0.717) is 25.7 Å². The number of hydrogen-bond donors (Lipinski definition) is 1. The Kier molecular flexibility index (Phi) is 7.74. The molecule has 0 spiro atoms. The highest BCUT2D eigenvalue weighted by Crippen LogP contribution is 2.56. The second-order valence-electron chi connectivity index (χ2n) is 9.66. The molecule has 1 aliphatic heterocycles. The second-order valence-corrected chi connectivity index (χ2v) is 9.66. The van der Waals surface area contributed by atoms with Crippen molar-refractivity contribution < 1.29 is 46.1 Å². The van der Waals surface area contributed by atoms with Crippen molar-refractivity contribution in [1.82, 2.24) is 0 Å². The normalized spacial score (nSPS) is 34.3. The molecule has 1 N–H and O–H groups in total. The van der Waals surface area contributed by atoms with Gasteiger partial charge in [-0.25, -0.2) is 4.79 Å². The minimum atomic E-state index is -5.69. The number of carbonyl (C=O) groups is 1. The molecule has 2 aliphatic rings. The molecule has 0 aromatic heterocycles. The molecule has 5 nitrogen and oxygen atoms in total. The zero-order valence-electron chi connectivity index (χ0n) is 19.0. The predicted octanol–water partition coefficient (Wildman–Crippen LogP) is 5.31. The molecule has 2 fully saturated rings. The molecule has 4 atom stereocenters. The van der Waals surface area contributed by atoms with E-state index in [4.69, 9.17) is 9.47 Å². The number of carbonyl (C=O) groups excluding carboxylic acids is 1. The SMILES string of the molecule is C=C(C)C(=O)OC1CCCCCC(C(C)(C)OC2(C)COC(O)(C(F)(F)F)C2(F)F)CC1. The molecule has 32 heavy (non-hydrogen) atoms. The Bertz CT molecular complexity index is 707. The number of halogens is 5. The van der Waals surface area contributed by atoms with Gasteiger partial charge >= 0.3 is 23.9 Å². The van der Waals surface area contributed by atoms with Gasteiger partial charge in [-0.1, -0.05) is 19.4 Å². The third kappa shape index (κ3) is 5.12. The lowest BCUT2D eigenvalue weighted by Gasteiger charge is -2.44. The smallest absolute Gasteiger partial charge is 0.449 e. The van der Waals surface area contributed by atoms with Gasteiger partial charge < -0.3 is 19.3 Å². The maximum absolute atomic E-state index is 14.8. The maximum atomic E-state index is 14.8. The molecule has 0 bridgehead atoms. The molecule has 1 saturated carbocycles. The maximum Gasteiger partial charge on any atom is 0.449 e. The molecule has 1 aliphatic carbocycles. The van der Waals surface area contributed by atoms with E-state index in [0.717, 1.165) is 26.2 Å². The summed E-state index contributed by atoms with van der Waals surface area (Å²) in [7, 11) is 0. The molecular weight excluding hydrogens is 439 g/mol. The van der Waals surface area contributed by atoms with Crippen molar-refractivity contribution in [3.05, 3.63) is 12.2 Å². The number of alkyl halides is 5. The van der Waals surface area contributed by atoms with E-state index < -0.39 is 41.7 Å². The van der Waals surface area contributed by atoms with E-state index in [2.05, 4.69) is 11.3 Å². The van der Waals surface area contributed by atoms with E-state index in [-0.39, 0.29) is 17.6 Å². The summed E-state index contributed by atoms with van der Waals surface area (Å²) in [6.45, 7) is 7.92. The van der Waals surface area contributed by atoms with Crippen LogP contribution in [0.3, 0.4) is 0 Å². The first-order chi connectivity index (χ1) is 14.5. The van der Waals surface area contributed by atoms with E-state index in [1.807, 2.05) is 0 Å². The fourth-order valence-corrected chi connectivity index (χ4v) is 4.48. The Morgan fingerprint density at radius 3 is 2.22 bits per heavy atom. The molecule has 1 heterocycles. The van der Waals surface area contributed by atoms with Crippen molar-refractivity contribution in [2.45, 2.75) is 108 Å². The highest BCUT2D eigenvalue weighted by Gasteiger charge is 2.82. The summed E-state index contributed by atoms with van der Waals surface area (Å²) < 4.78 is 84.5. The van der Waals surface area contributed by atoms with Gasteiger partial charge in [0, 0.05) is 5.57 Å². The second kappa shape index (κ2) is 9.18. The molecule has 0 amide bonds. The standard InChI is InChI=1S/C22H33F5O5/c1-14(2)17(28)31-16-10-8-6-7-9-15(11-12-16)18(3,4)32-19(5)13-30-21(29,20(19,23)24)22(25,26)27/h15-16,29H,1,6-13H2,2-5H3. The van der Waals surface area contributed by atoms with Crippen LogP contribution in [0.25, 0.3) is 0 Å². The minimum absolute atomic E-state index is 0.277. The van der Waals surface area contributed by atoms with Gasteiger partial charge in [-0.05, 0) is 65.7 Å². The Hall–Kier alpha value is -1.26. The topological polar surface area (TPSA) is 65.0 Å². The van der Waals surface area contributed by atoms with Crippen molar-refractivity contribution in [3.63, 3.8) is 0 Å². The van der Waals surface area contributed by atoms with Crippen LogP contribution in [0.1, 0.15) is 72.6 Å². The first-order valence-electron chi connectivity index (χ1n) is 10.8. The van der Waals surface area contributed by atoms with Crippen LogP contribution in [0.15, 0.2) is 12.2 Å². The van der Waals surface area contributed by atoms with Gasteiger partial charge in [0.2, 0.25) is 0 Å². The van der Waals surface area contributed by atoms with E-state index >= 15 is 0 Å². The summed E-state index contributed by atoms with van der Waals surface area (Å²) in [5.41, 5.74) is -3.67. The highest BCUT2D eigenvalue weighted by atomic mass is 19.4. The van der Waals surface area contributed by atoms with Crippen LogP contribution in [-0.2, 0) is 19.0 Å². The molecule has 0 aromatic carbocycles. The van der Waals surface area contributed by atoms with Crippen LogP contribution in [0.5, 0.6) is 0 Å². The first kappa shape index (κ1) is 27.0. The van der Waals surface area contributed by atoms with Gasteiger partial charge in [0.05, 0.1) is 12.2 Å². The zero-order valence-corrected chi connectivity index (χ0v) is 19.0. The first-order valence-corrected chi connectivity index (χ1v) is 10.8. The Morgan fingerprint density at radius 2 is 1.69 bits per heavy atom. The summed E-state index contributed by atoms with van der Waals surface area (Å²) in [4.78, 5) is 11.9. The van der Waals surface area contributed by atoms with Crippen molar-refractivity contribution in [2.75, 3.05) is 6.61 Å². The number of rotatable bonds is 5. The fraction of sp³-hybridized carbons (Fsp3) is 0.864. The summed E-state index contributed by atoms with van der Waals surface area (Å²) >= 11 is 0. The van der Waals surface area contributed by atoms with Crippen LogP contribution >= 0.6 is 0 Å². The highest BCUT2D eigenvalue weighted by molar-refractivity contribution is 5.87. The van der Waals surface area contributed by atoms with Crippen LogP contribution in [-0.4, -0.2) is 52.9 Å². The van der Waals surface area contributed by atoms with Gasteiger partial charge in [-0.2, -0.15) is 22.0 Å². The van der Waals surface area contributed by atoms with Crippen molar-refractivity contribution >= 4 is 5.97 Å². The largest absolute Gasteiger partial charge is 0.459 e. The molecule has 186 valence electrons. The quantitative estimate of drug-likeness (QED) is 0.334. The van der Waals surface area contributed by atoms with Gasteiger partial charge in [0.15, 0.2) is 5.60 Å². The molecule has 0 aromatic rings. The minimum Gasteiger partial charge on any atom is -0.459 e. The zero-order chi connectivity index (χ0) is 24.6. The molecule has 1 saturated heterocycles. The van der Waals surface area contributed by atoms with Gasteiger partial charge in [0.1, 0.15) is 6.10 Å². The molecular formula is C22H33F5O5. The molecule has 0 radical (unpaired) electrons. The lowest BCUT2D eigenvalue weighted by Crippen LogP contribution is -2.64. The van der Waals surface area contributed by atoms with Gasteiger partial charge in [-0.3, -0.25) is 0 Å². The molecule has 4 unspecified atom stereocenters. The average Bonchev–Trinajstić information content (AvgIpc) is 2.90. The van der Waals surface area contributed by atoms with Crippen molar-refractivity contribution in [2.24, 2.45) is 5.92 Å². The van der Waals surface area contributed by atoms with Gasteiger partial charge in [0.25, 0.3) is 0 Å². The number of ether oxygens (including phenoxy) is 3. The summed E-state index contributed by atoms with van der Waals surface area (Å²) in [6, 6.07) is 0. The molecule has 10 heteroatoms. The Balaban J connectivity index is 2.18. The van der Waals surface area contributed by atoms with E-state index in [1.165, 1.54) is 0 Å². The predicted molar refractivity (Wildman–Crippen MR) is 106 cm³/mol. The van der Waals surface area contributed by atoms with Crippen LogP contribution in [0, 0.1) is 5.92 Å². The van der Waals surface area contributed by atoms with Crippen molar-refractivity contribution in [3.8, 4) is 0 Å². The molecule has 2 rings (SSSR count). The third-order valence-electron chi connectivity index (χ3n) is 6.54. The third-order valence-corrected chi connectivity index (χ3v) is 6.54. The van der Waals surface area contributed by atoms with Gasteiger partial charge in [-0.15, -0.1) is 0 Å². The fourth-order valence-electron chi connectivity index (χ4n) is 4.48. The van der Waals surface area contributed by atoms with Crippen LogP contribution in [0.2, 0.25) is 0 Å².